The third-order valence-electron chi connectivity index (χ3n) is 4.03. The fourth-order valence-electron chi connectivity index (χ4n) is 2.92. The Bertz CT molecular complexity index is 865. The Balaban J connectivity index is 1.82. The number of ether oxygens (including phenoxy) is 2. The molecule has 1 fully saturated rings. The van der Waals surface area contributed by atoms with E-state index in [0.717, 1.165) is 11.8 Å². The van der Waals surface area contributed by atoms with E-state index in [0.29, 0.717) is 40.2 Å². The van der Waals surface area contributed by atoms with E-state index in [1.54, 1.807) is 12.1 Å². The van der Waals surface area contributed by atoms with Crippen LogP contribution in [0.2, 0.25) is 10.0 Å². The van der Waals surface area contributed by atoms with E-state index in [1.165, 1.54) is 6.33 Å². The molecule has 6 nitrogen and oxygen atoms in total. The number of nitrogens with one attached hydrogen (secondary N) is 1. The van der Waals surface area contributed by atoms with Gasteiger partial charge in [-0.3, -0.25) is 5.10 Å². The van der Waals surface area contributed by atoms with Crippen LogP contribution < -0.4 is 0 Å². The number of furan rings is 1. The average Bonchev–Trinajstić information content (AvgIpc) is 3.16. The molecule has 0 bridgehead atoms. The van der Waals surface area contributed by atoms with Crippen molar-refractivity contribution in [1.82, 2.24) is 15.2 Å². The standard InChI is InChI=1S/C16H15Cl2N3O3/c1-9-2-3-22-16(24-9,7-14-19-8-20-21-14)13-5-10-4-11(17)6-12(18)15(10)23-13/h4-6,8-9H,2-3,7H2,1H3,(H,19,20,21). The zero-order chi connectivity index (χ0) is 16.7. The van der Waals surface area contributed by atoms with Gasteiger partial charge in [-0.2, -0.15) is 5.10 Å². The summed E-state index contributed by atoms with van der Waals surface area (Å²) < 4.78 is 18.2. The first kappa shape index (κ1) is 15.9. The molecule has 3 aromatic rings. The molecule has 126 valence electrons. The van der Waals surface area contributed by atoms with Crippen molar-refractivity contribution >= 4 is 34.2 Å². The van der Waals surface area contributed by atoms with Crippen LogP contribution in [-0.2, 0) is 21.7 Å². The smallest absolute Gasteiger partial charge is 0.235 e. The van der Waals surface area contributed by atoms with Gasteiger partial charge in [-0.1, -0.05) is 23.2 Å². The molecule has 0 saturated carbocycles. The maximum atomic E-state index is 6.24. The molecule has 1 N–H and O–H groups in total. The number of H-pyrrole nitrogens is 1. The molecule has 1 aliphatic heterocycles. The maximum absolute atomic E-state index is 6.24. The fraction of sp³-hybridized carbons (Fsp3) is 0.375. The second kappa shape index (κ2) is 6.04. The number of benzene rings is 1. The highest BCUT2D eigenvalue weighted by atomic mass is 35.5. The number of hydrogen-bond donors (Lipinski definition) is 1. The van der Waals surface area contributed by atoms with Crippen molar-refractivity contribution in [3.8, 4) is 0 Å². The van der Waals surface area contributed by atoms with E-state index in [9.17, 15) is 0 Å². The van der Waals surface area contributed by atoms with E-state index >= 15 is 0 Å². The van der Waals surface area contributed by atoms with E-state index in [1.807, 2.05) is 13.0 Å². The lowest BCUT2D eigenvalue weighted by atomic mass is 10.1. The summed E-state index contributed by atoms with van der Waals surface area (Å²) in [4.78, 5) is 4.18. The SMILES string of the molecule is CC1CCOC(Cc2ncn[nH]2)(c2cc3cc(Cl)cc(Cl)c3o2)O1. The van der Waals surface area contributed by atoms with Crippen molar-refractivity contribution in [2.75, 3.05) is 6.61 Å². The second-order valence-corrected chi connectivity index (χ2v) is 6.69. The summed E-state index contributed by atoms with van der Waals surface area (Å²) in [6.45, 7) is 2.56. The Morgan fingerprint density at radius 1 is 1.33 bits per heavy atom. The van der Waals surface area contributed by atoms with Crippen molar-refractivity contribution in [1.29, 1.82) is 0 Å². The van der Waals surface area contributed by atoms with Crippen LogP contribution in [0.3, 0.4) is 0 Å². The zero-order valence-electron chi connectivity index (χ0n) is 12.9. The van der Waals surface area contributed by atoms with Crippen molar-refractivity contribution in [3.05, 3.63) is 46.2 Å². The van der Waals surface area contributed by atoms with E-state index in [4.69, 9.17) is 37.1 Å². The number of nitrogens with zero attached hydrogens (tertiary/aromatic N) is 2. The highest BCUT2D eigenvalue weighted by molar-refractivity contribution is 6.38. The summed E-state index contributed by atoms with van der Waals surface area (Å²) >= 11 is 12.3. The van der Waals surface area contributed by atoms with E-state index in [2.05, 4.69) is 15.2 Å². The van der Waals surface area contributed by atoms with Crippen molar-refractivity contribution < 1.29 is 13.9 Å². The second-order valence-electron chi connectivity index (χ2n) is 5.84. The largest absolute Gasteiger partial charge is 0.454 e. The third kappa shape index (κ3) is 2.80. The molecule has 0 radical (unpaired) electrons. The first-order valence-corrected chi connectivity index (χ1v) is 8.36. The van der Waals surface area contributed by atoms with Gasteiger partial charge in [0, 0.05) is 10.4 Å². The topological polar surface area (TPSA) is 73.2 Å². The molecule has 4 rings (SSSR count). The monoisotopic (exact) mass is 367 g/mol. The Kier molecular flexibility index (Phi) is 4.00. The molecule has 2 aromatic heterocycles. The van der Waals surface area contributed by atoms with Gasteiger partial charge in [0.2, 0.25) is 5.79 Å². The molecule has 8 heteroatoms. The highest BCUT2D eigenvalue weighted by Gasteiger charge is 2.43. The molecule has 1 aromatic carbocycles. The predicted molar refractivity (Wildman–Crippen MR) is 89.1 cm³/mol. The lowest BCUT2D eigenvalue weighted by Crippen LogP contribution is -2.43. The summed E-state index contributed by atoms with van der Waals surface area (Å²) in [7, 11) is 0. The normalized spacial score (nSPS) is 24.5. The van der Waals surface area contributed by atoms with Gasteiger partial charge < -0.3 is 13.9 Å². The van der Waals surface area contributed by atoms with Crippen LogP contribution in [-0.4, -0.2) is 27.9 Å². The Morgan fingerprint density at radius 2 is 2.21 bits per heavy atom. The third-order valence-corrected chi connectivity index (χ3v) is 4.53. The van der Waals surface area contributed by atoms with Crippen LogP contribution in [0.4, 0.5) is 0 Å². The minimum absolute atomic E-state index is 0.0222. The van der Waals surface area contributed by atoms with Crippen LogP contribution in [0.5, 0.6) is 0 Å². The minimum Gasteiger partial charge on any atom is -0.454 e. The Morgan fingerprint density at radius 3 is 2.96 bits per heavy atom. The van der Waals surface area contributed by atoms with Gasteiger partial charge in [0.15, 0.2) is 11.3 Å². The molecular formula is C16H15Cl2N3O3. The molecule has 2 unspecified atom stereocenters. The molecule has 24 heavy (non-hydrogen) atoms. The lowest BCUT2D eigenvalue weighted by molar-refractivity contribution is -0.306. The first-order chi connectivity index (χ1) is 11.6. The quantitative estimate of drug-likeness (QED) is 0.754. The number of hydrogen-bond acceptors (Lipinski definition) is 5. The predicted octanol–water partition coefficient (Wildman–Crippen LogP) is 4.08. The number of halogens is 2. The van der Waals surface area contributed by atoms with Crippen molar-refractivity contribution in [2.24, 2.45) is 0 Å². The van der Waals surface area contributed by atoms with Crippen LogP contribution in [0, 0.1) is 0 Å². The van der Waals surface area contributed by atoms with Gasteiger partial charge in [0.05, 0.1) is 24.2 Å². The average molecular weight is 368 g/mol. The number of rotatable bonds is 3. The fourth-order valence-corrected chi connectivity index (χ4v) is 3.46. The molecule has 0 spiro atoms. The summed E-state index contributed by atoms with van der Waals surface area (Å²) in [6, 6.07) is 5.29. The molecule has 2 atom stereocenters. The lowest BCUT2D eigenvalue weighted by Gasteiger charge is -2.38. The van der Waals surface area contributed by atoms with Gasteiger partial charge in [0.1, 0.15) is 12.2 Å². The summed E-state index contributed by atoms with van der Waals surface area (Å²) in [5.74, 6) is 0.102. The van der Waals surface area contributed by atoms with E-state index in [-0.39, 0.29) is 6.10 Å². The van der Waals surface area contributed by atoms with E-state index < -0.39 is 5.79 Å². The zero-order valence-corrected chi connectivity index (χ0v) is 14.4. The maximum Gasteiger partial charge on any atom is 0.235 e. The molecule has 0 amide bonds. The minimum atomic E-state index is -1.08. The molecule has 1 aliphatic rings. The van der Waals surface area contributed by atoms with Crippen molar-refractivity contribution in [2.45, 2.75) is 31.7 Å². The number of fused-ring (bicyclic) bond motifs is 1. The van der Waals surface area contributed by atoms with Crippen LogP contribution >= 0.6 is 23.2 Å². The summed E-state index contributed by atoms with van der Waals surface area (Å²) in [5, 5.41) is 8.51. The van der Waals surface area contributed by atoms with Gasteiger partial charge >= 0.3 is 0 Å². The van der Waals surface area contributed by atoms with Gasteiger partial charge in [-0.25, -0.2) is 4.98 Å². The number of aromatic amines is 1. The molecule has 1 saturated heterocycles. The summed E-state index contributed by atoms with van der Waals surface area (Å²) in [5.41, 5.74) is 0.554. The van der Waals surface area contributed by atoms with Gasteiger partial charge in [-0.15, -0.1) is 0 Å². The van der Waals surface area contributed by atoms with Crippen LogP contribution in [0.1, 0.15) is 24.9 Å². The summed E-state index contributed by atoms with van der Waals surface area (Å²) in [6.07, 6.45) is 2.63. The Labute approximate surface area is 148 Å². The first-order valence-electron chi connectivity index (χ1n) is 7.61. The van der Waals surface area contributed by atoms with Crippen molar-refractivity contribution in [3.63, 3.8) is 0 Å². The van der Waals surface area contributed by atoms with Crippen LogP contribution in [0.25, 0.3) is 11.0 Å². The van der Waals surface area contributed by atoms with Gasteiger partial charge in [0.25, 0.3) is 0 Å². The molecular weight excluding hydrogens is 353 g/mol. The molecule has 0 aliphatic carbocycles. The van der Waals surface area contributed by atoms with Crippen LogP contribution in [0.15, 0.2) is 28.9 Å². The number of aromatic nitrogens is 3. The highest BCUT2D eigenvalue weighted by Crippen LogP contribution is 2.40. The Hall–Kier alpha value is -1.60. The molecule has 3 heterocycles. The van der Waals surface area contributed by atoms with Gasteiger partial charge in [-0.05, 0) is 31.5 Å².